The molecule has 0 aromatic heterocycles. The van der Waals surface area contributed by atoms with E-state index in [2.05, 4.69) is 5.32 Å². The van der Waals surface area contributed by atoms with Gasteiger partial charge in [-0.25, -0.2) is 4.39 Å². The van der Waals surface area contributed by atoms with Gasteiger partial charge in [0.15, 0.2) is 0 Å². The van der Waals surface area contributed by atoms with E-state index in [9.17, 15) is 9.18 Å². The summed E-state index contributed by atoms with van der Waals surface area (Å²) in [6, 6.07) is 11.5. The van der Waals surface area contributed by atoms with Gasteiger partial charge in [0.25, 0.3) is 0 Å². The number of benzene rings is 2. The van der Waals surface area contributed by atoms with Gasteiger partial charge >= 0.3 is 0 Å². The molecule has 19 heavy (non-hydrogen) atoms. The highest BCUT2D eigenvalue weighted by atomic mass is 35.5. The van der Waals surface area contributed by atoms with Crippen LogP contribution in [0.4, 0.5) is 4.39 Å². The molecule has 1 aliphatic heterocycles. The van der Waals surface area contributed by atoms with Crippen molar-refractivity contribution >= 4 is 17.5 Å². The number of hydrogen-bond acceptors (Lipinski definition) is 1. The van der Waals surface area contributed by atoms with E-state index in [1.54, 1.807) is 12.1 Å². The number of nitrogens with one attached hydrogen (secondary N) is 1. The van der Waals surface area contributed by atoms with Crippen molar-refractivity contribution in [2.24, 2.45) is 0 Å². The van der Waals surface area contributed by atoms with Crippen LogP contribution in [0, 0.1) is 5.82 Å². The molecule has 0 fully saturated rings. The molecule has 0 saturated carbocycles. The van der Waals surface area contributed by atoms with Crippen molar-refractivity contribution in [3.05, 3.63) is 70.0 Å². The first-order valence-corrected chi connectivity index (χ1v) is 6.35. The van der Waals surface area contributed by atoms with Gasteiger partial charge in [-0.05, 0) is 23.3 Å². The molecule has 2 aromatic carbocycles. The van der Waals surface area contributed by atoms with Crippen molar-refractivity contribution in [1.82, 2.24) is 5.32 Å². The quantitative estimate of drug-likeness (QED) is 0.850. The molecule has 1 unspecified atom stereocenters. The largest absolute Gasteiger partial charge is 0.345 e. The summed E-state index contributed by atoms with van der Waals surface area (Å²) in [5.41, 5.74) is 2.13. The third-order valence-corrected chi connectivity index (χ3v) is 3.64. The molecule has 0 bridgehead atoms. The molecular weight excluding hydrogens is 265 g/mol. The summed E-state index contributed by atoms with van der Waals surface area (Å²) < 4.78 is 14.0. The van der Waals surface area contributed by atoms with Gasteiger partial charge in [-0.2, -0.15) is 0 Å². The molecule has 0 radical (unpaired) electrons. The fourth-order valence-corrected chi connectivity index (χ4v) is 2.73. The van der Waals surface area contributed by atoms with Crippen LogP contribution in [0.15, 0.2) is 42.5 Å². The lowest BCUT2D eigenvalue weighted by molar-refractivity contribution is -0.121. The SMILES string of the molecule is O=C1Cc2ccccc2C(c2c(F)cccc2Cl)N1. The van der Waals surface area contributed by atoms with Crippen molar-refractivity contribution in [3.8, 4) is 0 Å². The van der Waals surface area contributed by atoms with Crippen LogP contribution in [0.25, 0.3) is 0 Å². The van der Waals surface area contributed by atoms with Crippen LogP contribution in [0.5, 0.6) is 0 Å². The van der Waals surface area contributed by atoms with E-state index in [4.69, 9.17) is 11.6 Å². The Morgan fingerprint density at radius 3 is 2.74 bits per heavy atom. The third kappa shape index (κ3) is 2.10. The maximum absolute atomic E-state index is 14.0. The first kappa shape index (κ1) is 12.2. The van der Waals surface area contributed by atoms with Crippen molar-refractivity contribution in [2.75, 3.05) is 0 Å². The van der Waals surface area contributed by atoms with Crippen molar-refractivity contribution in [3.63, 3.8) is 0 Å². The fraction of sp³-hybridized carbons (Fsp3) is 0.133. The van der Waals surface area contributed by atoms with Crippen LogP contribution in [0.3, 0.4) is 0 Å². The summed E-state index contributed by atoms with van der Waals surface area (Å²) >= 11 is 6.09. The summed E-state index contributed by atoms with van der Waals surface area (Å²) in [6.45, 7) is 0. The molecule has 96 valence electrons. The van der Waals surface area contributed by atoms with Crippen molar-refractivity contribution < 1.29 is 9.18 Å². The second kappa shape index (κ2) is 4.67. The lowest BCUT2D eigenvalue weighted by Gasteiger charge is -2.27. The van der Waals surface area contributed by atoms with Crippen LogP contribution in [-0.2, 0) is 11.2 Å². The molecule has 1 heterocycles. The number of rotatable bonds is 1. The van der Waals surface area contributed by atoms with Gasteiger partial charge in [0.2, 0.25) is 5.91 Å². The Kier molecular flexibility index (Phi) is 2.99. The van der Waals surface area contributed by atoms with E-state index in [-0.39, 0.29) is 5.91 Å². The van der Waals surface area contributed by atoms with Gasteiger partial charge in [-0.15, -0.1) is 0 Å². The molecular formula is C15H11ClFNO. The highest BCUT2D eigenvalue weighted by Crippen LogP contribution is 2.34. The number of halogens is 2. The number of fused-ring (bicyclic) bond motifs is 1. The highest BCUT2D eigenvalue weighted by molar-refractivity contribution is 6.31. The van der Waals surface area contributed by atoms with Gasteiger partial charge in [0.05, 0.1) is 12.5 Å². The second-order valence-electron chi connectivity index (χ2n) is 4.51. The van der Waals surface area contributed by atoms with Crippen molar-refractivity contribution in [1.29, 1.82) is 0 Å². The zero-order chi connectivity index (χ0) is 13.4. The third-order valence-electron chi connectivity index (χ3n) is 3.31. The molecule has 0 aliphatic carbocycles. The predicted molar refractivity (Wildman–Crippen MR) is 71.5 cm³/mol. The molecule has 2 aromatic rings. The normalized spacial score (nSPS) is 17.8. The second-order valence-corrected chi connectivity index (χ2v) is 4.92. The van der Waals surface area contributed by atoms with Gasteiger partial charge < -0.3 is 5.32 Å². The van der Waals surface area contributed by atoms with E-state index in [1.807, 2.05) is 24.3 Å². The molecule has 1 aliphatic rings. The minimum atomic E-state index is -0.522. The molecule has 1 amide bonds. The van der Waals surface area contributed by atoms with Crippen LogP contribution in [0.1, 0.15) is 22.7 Å². The van der Waals surface area contributed by atoms with Crippen LogP contribution in [-0.4, -0.2) is 5.91 Å². The Labute approximate surface area is 115 Å². The van der Waals surface area contributed by atoms with Gasteiger partial charge in [-0.3, -0.25) is 4.79 Å². The topological polar surface area (TPSA) is 29.1 Å². The first-order valence-electron chi connectivity index (χ1n) is 5.98. The number of amides is 1. The lowest BCUT2D eigenvalue weighted by Crippen LogP contribution is -2.36. The molecule has 2 nitrogen and oxygen atoms in total. The number of carbonyl (C=O) groups is 1. The molecule has 0 spiro atoms. The van der Waals surface area contributed by atoms with E-state index >= 15 is 0 Å². The minimum absolute atomic E-state index is 0.122. The molecule has 1 N–H and O–H groups in total. The maximum Gasteiger partial charge on any atom is 0.225 e. The van der Waals surface area contributed by atoms with Gasteiger partial charge in [0, 0.05) is 10.6 Å². The zero-order valence-corrected chi connectivity index (χ0v) is 10.7. The average Bonchev–Trinajstić information content (AvgIpc) is 2.38. The van der Waals surface area contributed by atoms with E-state index in [1.165, 1.54) is 6.07 Å². The Hall–Kier alpha value is -1.87. The summed E-state index contributed by atoms with van der Waals surface area (Å²) in [5, 5.41) is 3.13. The van der Waals surface area contributed by atoms with Crippen LogP contribution >= 0.6 is 11.6 Å². The minimum Gasteiger partial charge on any atom is -0.345 e. The van der Waals surface area contributed by atoms with Gasteiger partial charge in [-0.1, -0.05) is 41.9 Å². The maximum atomic E-state index is 14.0. The number of hydrogen-bond donors (Lipinski definition) is 1. The van der Waals surface area contributed by atoms with E-state index < -0.39 is 11.9 Å². The summed E-state index contributed by atoms with van der Waals surface area (Å²) in [7, 11) is 0. The highest BCUT2D eigenvalue weighted by Gasteiger charge is 2.28. The molecule has 4 heteroatoms. The van der Waals surface area contributed by atoms with E-state index in [0.29, 0.717) is 17.0 Å². The van der Waals surface area contributed by atoms with E-state index in [0.717, 1.165) is 11.1 Å². The summed E-state index contributed by atoms with van der Waals surface area (Å²) in [5.74, 6) is -0.530. The zero-order valence-electron chi connectivity index (χ0n) is 9.99. The smallest absolute Gasteiger partial charge is 0.225 e. The van der Waals surface area contributed by atoms with Crippen molar-refractivity contribution in [2.45, 2.75) is 12.5 Å². The molecule has 3 rings (SSSR count). The Bertz CT molecular complexity index is 636. The molecule has 0 saturated heterocycles. The molecule has 1 atom stereocenters. The monoisotopic (exact) mass is 275 g/mol. The van der Waals surface area contributed by atoms with Gasteiger partial charge in [0.1, 0.15) is 5.82 Å². The standard InChI is InChI=1S/C15H11ClFNO/c16-11-6-3-7-12(17)14(11)15-10-5-2-1-4-9(10)8-13(19)18-15/h1-7,15H,8H2,(H,18,19). The number of carbonyl (C=O) groups excluding carboxylic acids is 1. The first-order chi connectivity index (χ1) is 9.16. The average molecular weight is 276 g/mol. The summed E-state index contributed by atoms with van der Waals surface area (Å²) in [4.78, 5) is 11.8. The summed E-state index contributed by atoms with van der Waals surface area (Å²) in [6.07, 6.45) is 0.318. The Morgan fingerprint density at radius 1 is 1.16 bits per heavy atom. The Morgan fingerprint density at radius 2 is 1.95 bits per heavy atom. The van der Waals surface area contributed by atoms with Crippen LogP contribution < -0.4 is 5.32 Å². The fourth-order valence-electron chi connectivity index (χ4n) is 2.45. The Balaban J connectivity index is 2.18. The lowest BCUT2D eigenvalue weighted by atomic mass is 9.89. The predicted octanol–water partition coefficient (Wildman–Crippen LogP) is 3.24. The van der Waals surface area contributed by atoms with Crippen LogP contribution in [0.2, 0.25) is 5.02 Å².